The molecule has 0 fully saturated rings. The zero-order chi connectivity index (χ0) is 19.6. The number of nitrogens with zero attached hydrogens (tertiary/aromatic N) is 4. The molecule has 7 nitrogen and oxygen atoms in total. The van der Waals surface area contributed by atoms with E-state index in [2.05, 4.69) is 15.2 Å². The molecule has 142 valence electrons. The average molecular weight is 394 g/mol. The summed E-state index contributed by atoms with van der Waals surface area (Å²) < 4.78 is 58.0. The molecule has 0 atom stereocenters. The van der Waals surface area contributed by atoms with E-state index in [0.717, 1.165) is 16.4 Å². The van der Waals surface area contributed by atoms with Gasteiger partial charge in [0.25, 0.3) is 0 Å². The van der Waals surface area contributed by atoms with E-state index in [9.17, 15) is 17.2 Å². The Morgan fingerprint density at radius 3 is 2.44 bits per heavy atom. The topological polar surface area (TPSA) is 89.2 Å². The summed E-state index contributed by atoms with van der Waals surface area (Å²) >= 11 is 0. The molecule has 0 bridgehead atoms. The number of sulfonamides is 1. The van der Waals surface area contributed by atoms with Gasteiger partial charge in [-0.1, -0.05) is 0 Å². The number of aromatic nitrogens is 3. The number of benzene rings is 1. The minimum absolute atomic E-state index is 0.0224. The van der Waals surface area contributed by atoms with Crippen LogP contribution in [0.5, 0.6) is 0 Å². The summed E-state index contributed by atoms with van der Waals surface area (Å²) in [7, 11) is -3.74. The Balaban J connectivity index is 1.91. The zero-order valence-electron chi connectivity index (χ0n) is 14.6. The number of hydrogen-bond acceptors (Lipinski definition) is 6. The van der Waals surface area contributed by atoms with Gasteiger partial charge in [0.2, 0.25) is 21.8 Å². The maximum absolute atomic E-state index is 13.6. The molecule has 27 heavy (non-hydrogen) atoms. The number of halogens is 2. The first-order valence-electron chi connectivity index (χ1n) is 8.01. The number of anilines is 1. The number of hydrogen-bond donors (Lipinski definition) is 0. The van der Waals surface area contributed by atoms with Gasteiger partial charge in [0.05, 0.1) is 29.2 Å². The van der Waals surface area contributed by atoms with Crippen molar-refractivity contribution >= 4 is 15.7 Å². The van der Waals surface area contributed by atoms with Crippen molar-refractivity contribution < 1.29 is 21.6 Å². The normalized spacial score (nSPS) is 11.6. The van der Waals surface area contributed by atoms with E-state index in [0.29, 0.717) is 23.0 Å². The molecule has 0 spiro atoms. The number of aryl methyl sites for hydroxylation is 1. The lowest BCUT2D eigenvalue weighted by molar-refractivity contribution is 0.508. The van der Waals surface area contributed by atoms with Gasteiger partial charge in [0.1, 0.15) is 0 Å². The van der Waals surface area contributed by atoms with Gasteiger partial charge in [-0.25, -0.2) is 17.2 Å². The fourth-order valence-electron chi connectivity index (χ4n) is 2.35. The minimum atomic E-state index is -3.74. The SMILES string of the molecule is CCS(=O)(=O)N(Cc1ccc(-c2nnc(C)o2)cn1)c1ccc(F)c(F)c1. The van der Waals surface area contributed by atoms with Crippen LogP contribution >= 0.6 is 0 Å². The predicted octanol–water partition coefficient (Wildman–Crippen LogP) is 3.07. The summed E-state index contributed by atoms with van der Waals surface area (Å²) in [5.74, 6) is -1.67. The number of pyridine rings is 1. The van der Waals surface area contributed by atoms with Crippen molar-refractivity contribution in [1.82, 2.24) is 15.2 Å². The largest absolute Gasteiger partial charge is 0.421 e. The van der Waals surface area contributed by atoms with Gasteiger partial charge in [-0.3, -0.25) is 9.29 Å². The van der Waals surface area contributed by atoms with Gasteiger partial charge in [0.15, 0.2) is 11.6 Å². The van der Waals surface area contributed by atoms with Gasteiger partial charge in [-0.2, -0.15) is 0 Å². The Morgan fingerprint density at radius 2 is 1.89 bits per heavy atom. The van der Waals surface area contributed by atoms with Crippen LogP contribution in [0.3, 0.4) is 0 Å². The van der Waals surface area contributed by atoms with Gasteiger partial charge in [-0.15, -0.1) is 10.2 Å². The highest BCUT2D eigenvalue weighted by atomic mass is 32.2. The fraction of sp³-hybridized carbons (Fsp3) is 0.235. The lowest BCUT2D eigenvalue weighted by Crippen LogP contribution is -2.32. The number of rotatable bonds is 6. The molecule has 0 aliphatic rings. The van der Waals surface area contributed by atoms with Gasteiger partial charge in [0, 0.05) is 19.2 Å². The van der Waals surface area contributed by atoms with Crippen LogP contribution in [0, 0.1) is 18.6 Å². The smallest absolute Gasteiger partial charge is 0.249 e. The Kier molecular flexibility index (Phi) is 5.17. The third-order valence-corrected chi connectivity index (χ3v) is 5.54. The second kappa shape index (κ2) is 7.39. The third-order valence-electron chi connectivity index (χ3n) is 3.80. The van der Waals surface area contributed by atoms with E-state index in [1.54, 1.807) is 19.1 Å². The lowest BCUT2D eigenvalue weighted by atomic mass is 10.2. The van der Waals surface area contributed by atoms with Crippen LogP contribution in [-0.2, 0) is 16.6 Å². The van der Waals surface area contributed by atoms with E-state index in [1.807, 2.05) is 0 Å². The summed E-state index contributed by atoms with van der Waals surface area (Å²) in [6.45, 7) is 2.99. The second-order valence-electron chi connectivity index (χ2n) is 5.67. The molecular weight excluding hydrogens is 378 g/mol. The third kappa shape index (κ3) is 4.11. The van der Waals surface area contributed by atoms with Crippen LogP contribution in [0.4, 0.5) is 14.5 Å². The predicted molar refractivity (Wildman–Crippen MR) is 94.3 cm³/mol. The van der Waals surface area contributed by atoms with Crippen LogP contribution in [0.2, 0.25) is 0 Å². The Bertz CT molecular complexity index is 1050. The average Bonchev–Trinajstić information content (AvgIpc) is 3.09. The first-order chi connectivity index (χ1) is 12.8. The van der Waals surface area contributed by atoms with Gasteiger partial charge < -0.3 is 4.42 Å². The van der Waals surface area contributed by atoms with Crippen molar-refractivity contribution in [2.24, 2.45) is 0 Å². The van der Waals surface area contributed by atoms with Gasteiger partial charge in [-0.05, 0) is 31.2 Å². The van der Waals surface area contributed by atoms with Crippen LogP contribution in [0.1, 0.15) is 18.5 Å². The minimum Gasteiger partial charge on any atom is -0.421 e. The van der Waals surface area contributed by atoms with E-state index in [1.165, 1.54) is 19.2 Å². The van der Waals surface area contributed by atoms with Crippen LogP contribution in [0.15, 0.2) is 40.9 Å². The highest BCUT2D eigenvalue weighted by Crippen LogP contribution is 2.24. The highest BCUT2D eigenvalue weighted by molar-refractivity contribution is 7.92. The summed E-state index contributed by atoms with van der Waals surface area (Å²) in [5.41, 5.74) is 1.02. The molecule has 0 N–H and O–H groups in total. The summed E-state index contributed by atoms with van der Waals surface area (Å²) in [4.78, 5) is 4.22. The molecule has 10 heteroatoms. The van der Waals surface area contributed by atoms with Crippen LogP contribution < -0.4 is 4.31 Å². The molecule has 0 aliphatic heterocycles. The zero-order valence-corrected chi connectivity index (χ0v) is 15.4. The van der Waals surface area contributed by atoms with E-state index in [-0.39, 0.29) is 18.0 Å². The first-order valence-corrected chi connectivity index (χ1v) is 9.62. The van der Waals surface area contributed by atoms with E-state index >= 15 is 0 Å². The summed E-state index contributed by atoms with van der Waals surface area (Å²) in [6.07, 6.45) is 1.48. The molecular formula is C17H16F2N4O3S. The fourth-order valence-corrected chi connectivity index (χ4v) is 3.43. The molecule has 0 saturated carbocycles. The van der Waals surface area contributed by atoms with Crippen molar-refractivity contribution in [1.29, 1.82) is 0 Å². The summed E-state index contributed by atoms with van der Waals surface area (Å²) in [5, 5.41) is 7.62. The monoisotopic (exact) mass is 394 g/mol. The maximum Gasteiger partial charge on any atom is 0.249 e. The van der Waals surface area contributed by atoms with Crippen LogP contribution in [0.25, 0.3) is 11.5 Å². The first kappa shape index (κ1) is 18.9. The maximum atomic E-state index is 13.6. The molecule has 2 heterocycles. The van der Waals surface area contributed by atoms with Crippen molar-refractivity contribution in [2.75, 3.05) is 10.1 Å². The quantitative estimate of drug-likeness (QED) is 0.638. The van der Waals surface area contributed by atoms with Gasteiger partial charge >= 0.3 is 0 Å². The molecule has 0 radical (unpaired) electrons. The van der Waals surface area contributed by atoms with Crippen LogP contribution in [-0.4, -0.2) is 29.4 Å². The van der Waals surface area contributed by atoms with Crippen molar-refractivity contribution in [3.8, 4) is 11.5 Å². The van der Waals surface area contributed by atoms with Crippen molar-refractivity contribution in [3.63, 3.8) is 0 Å². The Labute approximate surface area is 154 Å². The highest BCUT2D eigenvalue weighted by Gasteiger charge is 2.23. The second-order valence-corrected chi connectivity index (χ2v) is 7.85. The van der Waals surface area contributed by atoms with Crippen molar-refractivity contribution in [2.45, 2.75) is 20.4 Å². The standard InChI is InChI=1S/C17H16F2N4O3S/c1-3-27(24,25)23(14-6-7-15(18)16(19)8-14)10-13-5-4-12(9-20-13)17-22-21-11(2)26-17/h4-9H,3,10H2,1-2H3. The molecule has 0 aliphatic carbocycles. The molecule has 1 aromatic carbocycles. The molecule has 0 amide bonds. The molecule has 0 saturated heterocycles. The van der Waals surface area contributed by atoms with E-state index in [4.69, 9.17) is 4.42 Å². The molecule has 3 aromatic rings. The molecule has 2 aromatic heterocycles. The van der Waals surface area contributed by atoms with E-state index < -0.39 is 21.7 Å². The van der Waals surface area contributed by atoms with Crippen molar-refractivity contribution in [3.05, 3.63) is 59.7 Å². The molecule has 0 unspecified atom stereocenters. The Morgan fingerprint density at radius 1 is 1.11 bits per heavy atom. The lowest BCUT2D eigenvalue weighted by Gasteiger charge is -2.23. The Hall–Kier alpha value is -2.88. The molecule has 3 rings (SSSR count). The summed E-state index contributed by atoms with van der Waals surface area (Å²) in [6, 6.07) is 6.21.